The zero-order valence-electron chi connectivity index (χ0n) is 12.4. The van der Waals surface area contributed by atoms with Crippen LogP contribution < -0.4 is 10.1 Å². The molecule has 0 bridgehead atoms. The standard InChI is InChI=1S/C16H25NO3/c1-3-17-16(15-9-6-10-19-15)13-7-4-5-8-14(13)20-12-11-18-2/h4-5,7-8,15-17H,3,6,9-12H2,1-2H3. The van der Waals surface area contributed by atoms with Gasteiger partial charge in [-0.3, -0.25) is 0 Å². The highest BCUT2D eigenvalue weighted by atomic mass is 16.5. The minimum atomic E-state index is 0.196. The second-order valence-corrected chi connectivity index (χ2v) is 4.97. The van der Waals surface area contributed by atoms with Crippen molar-refractivity contribution >= 4 is 0 Å². The molecule has 1 saturated heterocycles. The van der Waals surface area contributed by atoms with Crippen LogP contribution in [0, 0.1) is 0 Å². The molecule has 20 heavy (non-hydrogen) atoms. The first-order valence-corrected chi connectivity index (χ1v) is 7.42. The van der Waals surface area contributed by atoms with Crippen molar-refractivity contribution < 1.29 is 14.2 Å². The van der Waals surface area contributed by atoms with Crippen LogP contribution in [0.25, 0.3) is 0 Å². The van der Waals surface area contributed by atoms with Gasteiger partial charge in [0.2, 0.25) is 0 Å². The van der Waals surface area contributed by atoms with Crippen molar-refractivity contribution in [1.29, 1.82) is 0 Å². The molecule has 4 heteroatoms. The van der Waals surface area contributed by atoms with Gasteiger partial charge < -0.3 is 19.5 Å². The minimum Gasteiger partial charge on any atom is -0.491 e. The van der Waals surface area contributed by atoms with Crippen molar-refractivity contribution in [2.45, 2.75) is 31.9 Å². The van der Waals surface area contributed by atoms with Crippen LogP contribution >= 0.6 is 0 Å². The molecule has 1 fully saturated rings. The highest BCUT2D eigenvalue weighted by Crippen LogP contribution is 2.32. The predicted molar refractivity (Wildman–Crippen MR) is 79.2 cm³/mol. The van der Waals surface area contributed by atoms with Gasteiger partial charge in [0, 0.05) is 19.3 Å². The van der Waals surface area contributed by atoms with E-state index in [1.807, 2.05) is 12.1 Å². The summed E-state index contributed by atoms with van der Waals surface area (Å²) in [6.45, 7) is 5.06. The van der Waals surface area contributed by atoms with Crippen LogP contribution in [0.2, 0.25) is 0 Å². The number of benzene rings is 1. The fraction of sp³-hybridized carbons (Fsp3) is 0.625. The Morgan fingerprint density at radius 3 is 2.90 bits per heavy atom. The van der Waals surface area contributed by atoms with E-state index in [4.69, 9.17) is 14.2 Å². The largest absolute Gasteiger partial charge is 0.491 e. The molecule has 0 aliphatic carbocycles. The fourth-order valence-corrected chi connectivity index (χ4v) is 2.63. The Kier molecular flexibility index (Phi) is 6.30. The zero-order valence-corrected chi connectivity index (χ0v) is 12.4. The monoisotopic (exact) mass is 279 g/mol. The van der Waals surface area contributed by atoms with Gasteiger partial charge in [0.15, 0.2) is 0 Å². The second kappa shape index (κ2) is 8.25. The zero-order chi connectivity index (χ0) is 14.2. The number of methoxy groups -OCH3 is 1. The number of hydrogen-bond acceptors (Lipinski definition) is 4. The summed E-state index contributed by atoms with van der Waals surface area (Å²) in [5.41, 5.74) is 1.18. The average molecular weight is 279 g/mol. The molecule has 1 aromatic rings. The molecule has 0 saturated carbocycles. The summed E-state index contributed by atoms with van der Waals surface area (Å²) in [7, 11) is 1.68. The van der Waals surface area contributed by atoms with Crippen molar-refractivity contribution in [2.24, 2.45) is 0 Å². The quantitative estimate of drug-likeness (QED) is 0.742. The summed E-state index contributed by atoms with van der Waals surface area (Å²) in [6, 6.07) is 8.39. The Hall–Kier alpha value is -1.10. The van der Waals surface area contributed by atoms with Crippen LogP contribution in [0.1, 0.15) is 31.4 Å². The van der Waals surface area contributed by atoms with Crippen molar-refractivity contribution in [1.82, 2.24) is 5.32 Å². The average Bonchev–Trinajstić information content (AvgIpc) is 3.00. The molecule has 2 unspecified atom stereocenters. The molecule has 2 rings (SSSR count). The summed E-state index contributed by atoms with van der Waals surface area (Å²) in [6.07, 6.45) is 2.48. The number of rotatable bonds is 8. The second-order valence-electron chi connectivity index (χ2n) is 4.97. The topological polar surface area (TPSA) is 39.7 Å². The van der Waals surface area contributed by atoms with E-state index in [0.29, 0.717) is 13.2 Å². The molecular formula is C16H25NO3. The lowest BCUT2D eigenvalue weighted by Gasteiger charge is -2.26. The van der Waals surface area contributed by atoms with E-state index in [1.54, 1.807) is 7.11 Å². The van der Waals surface area contributed by atoms with Crippen molar-refractivity contribution in [2.75, 3.05) is 33.5 Å². The van der Waals surface area contributed by atoms with E-state index in [9.17, 15) is 0 Å². The maximum Gasteiger partial charge on any atom is 0.124 e. The third-order valence-electron chi connectivity index (χ3n) is 3.56. The summed E-state index contributed by atoms with van der Waals surface area (Å²) in [5, 5.41) is 3.54. The SMILES string of the molecule is CCNC(c1ccccc1OCCOC)C1CCCO1. The Bertz CT molecular complexity index is 391. The molecule has 1 heterocycles. The molecule has 0 amide bonds. The van der Waals surface area contributed by atoms with Gasteiger partial charge in [0.25, 0.3) is 0 Å². The van der Waals surface area contributed by atoms with Gasteiger partial charge in [-0.25, -0.2) is 0 Å². The maximum atomic E-state index is 5.86. The predicted octanol–water partition coefficient (Wildman–Crippen LogP) is 2.54. The molecule has 1 aliphatic rings. The summed E-state index contributed by atoms with van der Waals surface area (Å²) in [4.78, 5) is 0. The Morgan fingerprint density at radius 2 is 2.20 bits per heavy atom. The maximum absolute atomic E-state index is 5.86. The van der Waals surface area contributed by atoms with E-state index >= 15 is 0 Å². The molecule has 112 valence electrons. The first-order chi connectivity index (χ1) is 9.86. The lowest BCUT2D eigenvalue weighted by molar-refractivity contribution is 0.0771. The van der Waals surface area contributed by atoms with Gasteiger partial charge >= 0.3 is 0 Å². The van der Waals surface area contributed by atoms with Crippen LogP contribution in [0.5, 0.6) is 5.75 Å². The van der Waals surface area contributed by atoms with Gasteiger partial charge in [-0.1, -0.05) is 25.1 Å². The van der Waals surface area contributed by atoms with Gasteiger partial charge in [0.1, 0.15) is 12.4 Å². The summed E-state index contributed by atoms with van der Waals surface area (Å²) in [5.74, 6) is 0.922. The van der Waals surface area contributed by atoms with E-state index in [-0.39, 0.29) is 12.1 Å². The molecule has 0 radical (unpaired) electrons. The number of nitrogens with one attached hydrogen (secondary N) is 1. The Balaban J connectivity index is 2.13. The van der Waals surface area contributed by atoms with Gasteiger partial charge in [-0.2, -0.15) is 0 Å². The number of hydrogen-bond donors (Lipinski definition) is 1. The van der Waals surface area contributed by atoms with Gasteiger partial charge in [-0.05, 0) is 25.5 Å². The molecule has 0 aromatic heterocycles. The minimum absolute atomic E-state index is 0.196. The first-order valence-electron chi connectivity index (χ1n) is 7.42. The van der Waals surface area contributed by atoms with E-state index in [0.717, 1.165) is 31.7 Å². The molecule has 2 atom stereocenters. The normalized spacial score (nSPS) is 20.0. The highest BCUT2D eigenvalue weighted by molar-refractivity contribution is 5.36. The number of likely N-dealkylation sites (N-methyl/N-ethyl adjacent to an activating group) is 1. The van der Waals surface area contributed by atoms with Crippen molar-refractivity contribution in [3.05, 3.63) is 29.8 Å². The van der Waals surface area contributed by atoms with Crippen LogP contribution in [0.3, 0.4) is 0 Å². The van der Waals surface area contributed by atoms with Gasteiger partial charge in [0.05, 0.1) is 18.8 Å². The summed E-state index contributed by atoms with van der Waals surface area (Å²) < 4.78 is 16.7. The molecule has 1 aliphatic heterocycles. The van der Waals surface area contributed by atoms with Crippen LogP contribution in [-0.4, -0.2) is 39.6 Å². The number of ether oxygens (including phenoxy) is 3. The van der Waals surface area contributed by atoms with Crippen molar-refractivity contribution in [3.63, 3.8) is 0 Å². The van der Waals surface area contributed by atoms with Crippen LogP contribution in [0.4, 0.5) is 0 Å². The van der Waals surface area contributed by atoms with E-state index < -0.39 is 0 Å². The lowest BCUT2D eigenvalue weighted by Crippen LogP contribution is -2.32. The first kappa shape index (κ1) is 15.3. The fourth-order valence-electron chi connectivity index (χ4n) is 2.63. The Labute approximate surface area is 121 Å². The van der Waals surface area contributed by atoms with Crippen molar-refractivity contribution in [3.8, 4) is 5.75 Å². The third kappa shape index (κ3) is 3.95. The smallest absolute Gasteiger partial charge is 0.124 e. The highest BCUT2D eigenvalue weighted by Gasteiger charge is 2.28. The molecule has 1 N–H and O–H groups in total. The third-order valence-corrected chi connectivity index (χ3v) is 3.56. The van der Waals surface area contributed by atoms with E-state index in [2.05, 4.69) is 24.4 Å². The molecule has 1 aromatic carbocycles. The lowest BCUT2D eigenvalue weighted by atomic mass is 9.98. The molecule has 4 nitrogen and oxygen atoms in total. The van der Waals surface area contributed by atoms with Crippen LogP contribution in [0.15, 0.2) is 24.3 Å². The molecular weight excluding hydrogens is 254 g/mol. The van der Waals surface area contributed by atoms with E-state index in [1.165, 1.54) is 5.56 Å². The van der Waals surface area contributed by atoms with Gasteiger partial charge in [-0.15, -0.1) is 0 Å². The number of para-hydroxylation sites is 1. The Morgan fingerprint density at radius 1 is 1.35 bits per heavy atom. The van der Waals surface area contributed by atoms with Crippen LogP contribution in [-0.2, 0) is 9.47 Å². The molecule has 0 spiro atoms. The summed E-state index contributed by atoms with van der Waals surface area (Å²) >= 11 is 0.